The van der Waals surface area contributed by atoms with E-state index in [-0.39, 0.29) is 44.0 Å². The maximum Gasteiger partial charge on any atom is 4.00 e. The van der Waals surface area contributed by atoms with Crippen LogP contribution < -0.4 is 10.4 Å². The molecule has 0 fully saturated rings. The van der Waals surface area contributed by atoms with Crippen LogP contribution in [-0.2, 0) is 27.8 Å². The maximum atomic E-state index is 2.44. The molecule has 4 aromatic rings. The van der Waals surface area contributed by atoms with E-state index >= 15 is 0 Å². The standard InChI is InChI=1S/C30H33Si.3CH3.Ti/c1-20-11-10-14-27(16-20)31(28-17-21(2)15-22(3)18-28)19-29-24(5)23(4)25(6)30(29)26-12-8-7-9-13-26;;;;/h7-18,31H,19H2,1-6H3;3*1H3;/q4*-1;+4. The van der Waals surface area contributed by atoms with Crippen LogP contribution >= 0.6 is 0 Å². The molecule has 4 aromatic carbocycles. The van der Waals surface area contributed by atoms with Crippen molar-refractivity contribution in [3.63, 3.8) is 0 Å². The van der Waals surface area contributed by atoms with Crippen LogP contribution in [0.15, 0.2) is 72.8 Å². The van der Waals surface area contributed by atoms with E-state index in [1.54, 1.807) is 15.9 Å². The van der Waals surface area contributed by atoms with Crippen molar-refractivity contribution in [2.45, 2.75) is 47.6 Å². The molecule has 2 heteroatoms. The van der Waals surface area contributed by atoms with Crippen molar-refractivity contribution in [3.05, 3.63) is 134 Å². The number of hydrogen-bond acceptors (Lipinski definition) is 0. The van der Waals surface area contributed by atoms with Crippen LogP contribution in [0.3, 0.4) is 0 Å². The molecule has 1 unspecified atom stereocenters. The number of rotatable bonds is 5. The average molecular weight is 515 g/mol. The van der Waals surface area contributed by atoms with Gasteiger partial charge in [-0.1, -0.05) is 114 Å². The van der Waals surface area contributed by atoms with Crippen LogP contribution in [0.1, 0.15) is 38.9 Å². The fourth-order valence-electron chi connectivity index (χ4n) is 5.09. The van der Waals surface area contributed by atoms with Gasteiger partial charge in [0, 0.05) is 0 Å². The molecular weight excluding hydrogens is 472 g/mol. The van der Waals surface area contributed by atoms with Crippen LogP contribution in [0.25, 0.3) is 11.1 Å². The molecular formula is C33H42SiTi. The Morgan fingerprint density at radius 2 is 1.17 bits per heavy atom. The molecule has 0 nitrogen and oxygen atoms in total. The van der Waals surface area contributed by atoms with Gasteiger partial charge < -0.3 is 22.3 Å². The smallest absolute Gasteiger partial charge is 0.358 e. The molecule has 0 spiro atoms. The van der Waals surface area contributed by atoms with E-state index in [1.807, 2.05) is 0 Å². The molecule has 0 aliphatic rings. The van der Waals surface area contributed by atoms with Crippen molar-refractivity contribution < 1.29 is 21.7 Å². The van der Waals surface area contributed by atoms with Crippen LogP contribution in [0.2, 0.25) is 0 Å². The maximum absolute atomic E-state index is 2.44. The second-order valence-electron chi connectivity index (χ2n) is 9.19. The average Bonchev–Trinajstić information content (AvgIpc) is 2.95. The molecule has 0 saturated heterocycles. The second kappa shape index (κ2) is 13.9. The normalized spacial score (nSPS) is 10.8. The minimum Gasteiger partial charge on any atom is -0.358 e. The molecule has 0 aliphatic heterocycles. The number of aryl methyl sites for hydroxylation is 3. The molecule has 0 saturated carbocycles. The van der Waals surface area contributed by atoms with Gasteiger partial charge in [0.05, 0.1) is 0 Å². The van der Waals surface area contributed by atoms with Gasteiger partial charge in [-0.3, -0.25) is 0 Å². The van der Waals surface area contributed by atoms with Crippen molar-refractivity contribution >= 4 is 19.2 Å². The Balaban J connectivity index is 0.00000289. The summed E-state index contributed by atoms with van der Waals surface area (Å²) >= 11 is 0. The molecule has 0 aliphatic carbocycles. The largest absolute Gasteiger partial charge is 4.00 e. The second-order valence-corrected chi connectivity index (χ2v) is 12.0. The van der Waals surface area contributed by atoms with Crippen molar-refractivity contribution in [3.8, 4) is 11.1 Å². The quantitative estimate of drug-likeness (QED) is 0.192. The van der Waals surface area contributed by atoms with E-state index in [2.05, 4.69) is 114 Å². The van der Waals surface area contributed by atoms with Gasteiger partial charge in [0.25, 0.3) is 0 Å². The zero-order chi connectivity index (χ0) is 22.1. The van der Waals surface area contributed by atoms with E-state index in [9.17, 15) is 0 Å². The summed E-state index contributed by atoms with van der Waals surface area (Å²) in [7, 11) is -1.45. The van der Waals surface area contributed by atoms with Gasteiger partial charge in [-0.2, -0.15) is 0 Å². The van der Waals surface area contributed by atoms with Crippen molar-refractivity contribution in [2.75, 3.05) is 0 Å². The van der Waals surface area contributed by atoms with Gasteiger partial charge in [0.1, 0.15) is 8.80 Å². The predicted octanol–water partition coefficient (Wildman–Crippen LogP) is 7.39. The molecule has 182 valence electrons. The Morgan fingerprint density at radius 3 is 1.74 bits per heavy atom. The van der Waals surface area contributed by atoms with Gasteiger partial charge in [0.15, 0.2) is 0 Å². The monoisotopic (exact) mass is 514 g/mol. The number of hydrogen-bond donors (Lipinski definition) is 0. The fraction of sp³-hybridized carbons (Fsp3) is 0.212. The van der Waals surface area contributed by atoms with Crippen molar-refractivity contribution in [1.82, 2.24) is 0 Å². The Morgan fingerprint density at radius 1 is 0.600 bits per heavy atom. The first-order valence-electron chi connectivity index (χ1n) is 11.3. The molecule has 35 heavy (non-hydrogen) atoms. The summed E-state index contributed by atoms with van der Waals surface area (Å²) in [5.41, 5.74) is 12.8. The van der Waals surface area contributed by atoms with Gasteiger partial charge in [0.2, 0.25) is 0 Å². The van der Waals surface area contributed by atoms with E-state index in [4.69, 9.17) is 0 Å². The van der Waals surface area contributed by atoms with Crippen LogP contribution in [0.5, 0.6) is 0 Å². The molecule has 1 atom stereocenters. The zero-order valence-electron chi connectivity index (χ0n) is 23.2. The summed E-state index contributed by atoms with van der Waals surface area (Å²) in [4.78, 5) is 0. The fourth-order valence-corrected chi connectivity index (χ4v) is 8.60. The summed E-state index contributed by atoms with van der Waals surface area (Å²) < 4.78 is 0. The third kappa shape index (κ3) is 7.00. The minimum absolute atomic E-state index is 0. The molecule has 0 aromatic heterocycles. The first-order chi connectivity index (χ1) is 14.8. The van der Waals surface area contributed by atoms with E-state index in [0.717, 1.165) is 6.04 Å². The van der Waals surface area contributed by atoms with E-state index in [0.29, 0.717) is 0 Å². The predicted molar refractivity (Wildman–Crippen MR) is 158 cm³/mol. The zero-order valence-corrected chi connectivity index (χ0v) is 25.9. The molecule has 0 amide bonds. The van der Waals surface area contributed by atoms with Gasteiger partial charge >= 0.3 is 21.7 Å². The Bertz CT molecular complexity index is 1200. The topological polar surface area (TPSA) is 0 Å². The SMILES string of the molecule is Cc1cccc([SiH](Cc2c(C)c(C)c(C)[c-]2-c2ccccc2)c2cc(C)cc(C)c2)c1.[CH3-].[CH3-].[CH3-].[Ti+4]. The van der Waals surface area contributed by atoms with Crippen LogP contribution in [-0.4, -0.2) is 8.80 Å². The first kappa shape index (κ1) is 32.9. The van der Waals surface area contributed by atoms with Crippen molar-refractivity contribution in [1.29, 1.82) is 0 Å². The van der Waals surface area contributed by atoms with E-state index in [1.165, 1.54) is 44.5 Å². The third-order valence-electron chi connectivity index (χ3n) is 6.82. The van der Waals surface area contributed by atoms with Gasteiger partial charge in [-0.15, -0.1) is 39.9 Å². The van der Waals surface area contributed by atoms with Crippen molar-refractivity contribution in [2.24, 2.45) is 0 Å². The van der Waals surface area contributed by atoms with E-state index < -0.39 is 8.80 Å². The van der Waals surface area contributed by atoms with Gasteiger partial charge in [-0.05, 0) is 26.8 Å². The molecule has 0 bridgehead atoms. The third-order valence-corrected chi connectivity index (χ3v) is 9.93. The summed E-state index contributed by atoms with van der Waals surface area (Å²) in [6.45, 7) is 13.6. The summed E-state index contributed by atoms with van der Waals surface area (Å²) in [6.07, 6.45) is 0. The number of benzene rings is 3. The van der Waals surface area contributed by atoms with Gasteiger partial charge in [-0.25, -0.2) is 0 Å². The Kier molecular flexibility index (Phi) is 13.1. The molecule has 0 heterocycles. The molecule has 0 N–H and O–H groups in total. The first-order valence-corrected chi connectivity index (χ1v) is 13.3. The minimum atomic E-state index is -1.45. The molecule has 0 radical (unpaired) electrons. The molecule has 4 rings (SSSR count). The Labute approximate surface area is 232 Å². The Hall–Kier alpha value is -2.06. The van der Waals surface area contributed by atoms with Crippen LogP contribution in [0, 0.1) is 63.8 Å². The summed E-state index contributed by atoms with van der Waals surface area (Å²) in [6, 6.07) is 28.5. The summed E-state index contributed by atoms with van der Waals surface area (Å²) in [5, 5.41) is 3.10. The summed E-state index contributed by atoms with van der Waals surface area (Å²) in [5.74, 6) is 0. The van der Waals surface area contributed by atoms with Crippen LogP contribution in [0.4, 0.5) is 0 Å².